The predicted octanol–water partition coefficient (Wildman–Crippen LogP) is 7.43. The highest BCUT2D eigenvalue weighted by Crippen LogP contribution is 2.40. The van der Waals surface area contributed by atoms with Crippen LogP contribution in [0.25, 0.3) is 22.4 Å². The van der Waals surface area contributed by atoms with Gasteiger partial charge < -0.3 is 9.67 Å². The van der Waals surface area contributed by atoms with Crippen molar-refractivity contribution >= 4 is 17.0 Å². The highest BCUT2D eigenvalue weighted by molar-refractivity contribution is 5.87. The van der Waals surface area contributed by atoms with E-state index in [-0.39, 0.29) is 11.6 Å². The minimum atomic E-state index is -0.941. The largest absolute Gasteiger partial charge is 0.478 e. The lowest BCUT2D eigenvalue weighted by Crippen LogP contribution is -2.23. The maximum Gasteiger partial charge on any atom is 0.335 e. The van der Waals surface area contributed by atoms with Gasteiger partial charge in [-0.25, -0.2) is 18.6 Å². The second-order valence-corrected chi connectivity index (χ2v) is 9.43. The molecule has 0 bridgehead atoms. The SMILES string of the molecule is O=C(O)c1ccc(CCC(C2CCCCC2)n2c(-c3ccccc3)nc3cc(F)c(F)cc32)cc1. The molecule has 1 unspecified atom stereocenters. The minimum Gasteiger partial charge on any atom is -0.478 e. The molecular formula is C29H28F2N2O2. The lowest BCUT2D eigenvalue weighted by atomic mass is 9.81. The molecule has 1 atom stereocenters. The van der Waals surface area contributed by atoms with E-state index in [1.807, 2.05) is 42.5 Å². The number of nitrogens with zero attached hydrogens (tertiary/aromatic N) is 2. The average Bonchev–Trinajstić information content (AvgIpc) is 3.24. The number of hydrogen-bond acceptors (Lipinski definition) is 2. The molecule has 4 aromatic rings. The fourth-order valence-electron chi connectivity index (χ4n) is 5.44. The summed E-state index contributed by atoms with van der Waals surface area (Å²) in [6, 6.07) is 19.3. The summed E-state index contributed by atoms with van der Waals surface area (Å²) in [7, 11) is 0. The number of aromatic carboxylic acids is 1. The van der Waals surface area contributed by atoms with Gasteiger partial charge in [0.1, 0.15) is 5.82 Å². The van der Waals surface area contributed by atoms with Crippen LogP contribution in [0, 0.1) is 17.6 Å². The van der Waals surface area contributed by atoms with Crippen LogP contribution in [0.5, 0.6) is 0 Å². The number of hydrogen-bond donors (Lipinski definition) is 1. The van der Waals surface area contributed by atoms with Gasteiger partial charge in [-0.3, -0.25) is 0 Å². The third-order valence-electron chi connectivity index (χ3n) is 7.22. The van der Waals surface area contributed by atoms with Crippen molar-refractivity contribution in [1.29, 1.82) is 0 Å². The highest BCUT2D eigenvalue weighted by Gasteiger charge is 2.29. The maximum atomic E-state index is 14.4. The molecule has 1 aliphatic rings. The van der Waals surface area contributed by atoms with Crippen LogP contribution in [0.4, 0.5) is 8.78 Å². The summed E-state index contributed by atoms with van der Waals surface area (Å²) >= 11 is 0. The summed E-state index contributed by atoms with van der Waals surface area (Å²) in [4.78, 5) is 16.0. The topological polar surface area (TPSA) is 55.1 Å². The number of aryl methyl sites for hydroxylation is 1. The number of carboxylic acid groups (broad SMARTS) is 1. The molecule has 1 heterocycles. The maximum absolute atomic E-state index is 14.4. The van der Waals surface area contributed by atoms with E-state index < -0.39 is 17.6 Å². The van der Waals surface area contributed by atoms with Gasteiger partial charge in [0.15, 0.2) is 11.6 Å². The summed E-state index contributed by atoms with van der Waals surface area (Å²) in [6.45, 7) is 0. The first-order valence-corrected chi connectivity index (χ1v) is 12.3. The normalized spacial score (nSPS) is 15.4. The first kappa shape index (κ1) is 23.2. The molecule has 0 aliphatic heterocycles. The van der Waals surface area contributed by atoms with Crippen molar-refractivity contribution in [3.63, 3.8) is 0 Å². The number of carboxylic acids is 1. The van der Waals surface area contributed by atoms with Gasteiger partial charge in [0, 0.05) is 23.7 Å². The van der Waals surface area contributed by atoms with Gasteiger partial charge >= 0.3 is 5.97 Å². The summed E-state index contributed by atoms with van der Waals surface area (Å²) < 4.78 is 30.7. The van der Waals surface area contributed by atoms with Gasteiger partial charge in [0.2, 0.25) is 0 Å². The van der Waals surface area contributed by atoms with E-state index in [0.717, 1.165) is 55.5 Å². The summed E-state index contributed by atoms with van der Waals surface area (Å²) in [5.41, 5.74) is 3.30. The standard InChI is InChI=1S/C29H28F2N2O2/c30-23-17-25-27(18-24(23)31)33(28(32-25)21-9-5-2-6-10-21)26(20-7-3-1-4-8-20)16-13-19-11-14-22(15-12-19)29(34)35/h2,5-6,9-12,14-15,17-18,20,26H,1,3-4,7-8,13,16H2,(H,34,35). The highest BCUT2D eigenvalue weighted by atomic mass is 19.2. The van der Waals surface area contributed by atoms with Crippen LogP contribution in [0.1, 0.15) is 60.5 Å². The predicted molar refractivity (Wildman–Crippen MR) is 132 cm³/mol. The van der Waals surface area contributed by atoms with Gasteiger partial charge in [0.25, 0.3) is 0 Å². The fourth-order valence-corrected chi connectivity index (χ4v) is 5.44. The summed E-state index contributed by atoms with van der Waals surface area (Å²) in [5.74, 6) is -1.58. The molecular weight excluding hydrogens is 446 g/mol. The number of aromatic nitrogens is 2. The Morgan fingerprint density at radius 3 is 2.34 bits per heavy atom. The third-order valence-corrected chi connectivity index (χ3v) is 7.22. The first-order chi connectivity index (χ1) is 17.0. The van der Waals surface area contributed by atoms with Gasteiger partial charge in [-0.15, -0.1) is 0 Å². The van der Waals surface area contributed by atoms with Crippen molar-refractivity contribution in [3.05, 3.63) is 89.5 Å². The van der Waals surface area contributed by atoms with E-state index in [0.29, 0.717) is 17.0 Å². The van der Waals surface area contributed by atoms with E-state index >= 15 is 0 Å². The molecule has 4 nitrogen and oxygen atoms in total. The number of imidazole rings is 1. The Bertz CT molecular complexity index is 1330. The zero-order chi connectivity index (χ0) is 24.4. The van der Waals surface area contributed by atoms with Crippen LogP contribution < -0.4 is 0 Å². The second-order valence-electron chi connectivity index (χ2n) is 9.43. The third kappa shape index (κ3) is 4.83. The zero-order valence-electron chi connectivity index (χ0n) is 19.5. The molecule has 1 aromatic heterocycles. The van der Waals surface area contributed by atoms with E-state index in [4.69, 9.17) is 4.98 Å². The van der Waals surface area contributed by atoms with Gasteiger partial charge in [-0.2, -0.15) is 0 Å². The van der Waals surface area contributed by atoms with Crippen molar-refractivity contribution in [1.82, 2.24) is 9.55 Å². The monoisotopic (exact) mass is 474 g/mol. The van der Waals surface area contributed by atoms with Crippen LogP contribution in [0.2, 0.25) is 0 Å². The van der Waals surface area contributed by atoms with Crippen molar-refractivity contribution < 1.29 is 18.7 Å². The molecule has 1 N–H and O–H groups in total. The van der Waals surface area contributed by atoms with Gasteiger partial charge in [0.05, 0.1) is 16.6 Å². The van der Waals surface area contributed by atoms with Crippen molar-refractivity contribution in [2.45, 2.75) is 51.0 Å². The van der Waals surface area contributed by atoms with Crippen LogP contribution in [0.3, 0.4) is 0 Å². The molecule has 1 aliphatic carbocycles. The molecule has 0 radical (unpaired) electrons. The van der Waals surface area contributed by atoms with Crippen molar-refractivity contribution in [3.8, 4) is 11.4 Å². The Balaban J connectivity index is 1.59. The molecule has 3 aromatic carbocycles. The first-order valence-electron chi connectivity index (χ1n) is 12.3. The molecule has 6 heteroatoms. The Morgan fingerprint density at radius 2 is 1.66 bits per heavy atom. The lowest BCUT2D eigenvalue weighted by Gasteiger charge is -2.33. The molecule has 1 saturated carbocycles. The van der Waals surface area contributed by atoms with E-state index in [2.05, 4.69) is 4.57 Å². The van der Waals surface area contributed by atoms with Crippen LogP contribution in [-0.4, -0.2) is 20.6 Å². The Labute approximate surface area is 203 Å². The summed E-state index contributed by atoms with van der Waals surface area (Å²) in [5, 5.41) is 9.20. The van der Waals surface area contributed by atoms with Crippen LogP contribution in [0.15, 0.2) is 66.7 Å². The zero-order valence-corrected chi connectivity index (χ0v) is 19.5. The summed E-state index contributed by atoms with van der Waals surface area (Å²) in [6.07, 6.45) is 7.24. The number of rotatable bonds is 7. The van der Waals surface area contributed by atoms with Crippen molar-refractivity contribution in [2.24, 2.45) is 5.92 Å². The Kier molecular flexibility index (Phi) is 6.62. The molecule has 35 heavy (non-hydrogen) atoms. The molecule has 0 spiro atoms. The lowest BCUT2D eigenvalue weighted by molar-refractivity contribution is 0.0697. The number of benzene rings is 3. The number of carbonyl (C=O) groups is 1. The fraction of sp³-hybridized carbons (Fsp3) is 0.310. The molecule has 1 fully saturated rings. The molecule has 0 saturated heterocycles. The molecule has 5 rings (SSSR count). The second kappa shape index (κ2) is 9.98. The number of fused-ring (bicyclic) bond motifs is 1. The molecule has 180 valence electrons. The smallest absolute Gasteiger partial charge is 0.335 e. The number of halogens is 2. The van der Waals surface area contributed by atoms with Gasteiger partial charge in [-0.1, -0.05) is 61.7 Å². The quantitative estimate of drug-likeness (QED) is 0.303. The van der Waals surface area contributed by atoms with Gasteiger partial charge in [-0.05, 0) is 49.3 Å². The minimum absolute atomic E-state index is 0.0551. The Morgan fingerprint density at radius 1 is 0.971 bits per heavy atom. The Hall–Kier alpha value is -3.54. The van der Waals surface area contributed by atoms with E-state index in [9.17, 15) is 18.7 Å². The van der Waals surface area contributed by atoms with Crippen molar-refractivity contribution in [2.75, 3.05) is 0 Å². The average molecular weight is 475 g/mol. The molecule has 0 amide bonds. The van der Waals surface area contributed by atoms with Crippen LogP contribution >= 0.6 is 0 Å². The van der Waals surface area contributed by atoms with Crippen LogP contribution in [-0.2, 0) is 6.42 Å². The van der Waals surface area contributed by atoms with E-state index in [1.54, 1.807) is 12.1 Å². The van der Waals surface area contributed by atoms with E-state index in [1.165, 1.54) is 18.6 Å².